The first-order valence-corrected chi connectivity index (χ1v) is 10.2. The third-order valence-corrected chi connectivity index (χ3v) is 6.69. The molecule has 0 radical (unpaired) electrons. The molecule has 0 bridgehead atoms. The van der Waals surface area contributed by atoms with Crippen LogP contribution in [0.1, 0.15) is 12.8 Å². The maximum Gasteiger partial charge on any atom is 0.244 e. The Hall–Kier alpha value is -1.55. The molecule has 7 nitrogen and oxygen atoms in total. The Morgan fingerprint density at radius 2 is 2.19 bits per heavy atom. The molecule has 2 aliphatic heterocycles. The molecular weight excluding hydrogens is 359 g/mol. The van der Waals surface area contributed by atoms with Crippen LogP contribution in [-0.4, -0.2) is 74.6 Å². The molecule has 1 aromatic heterocycles. The second-order valence-electron chi connectivity index (χ2n) is 6.67. The van der Waals surface area contributed by atoms with E-state index in [1.807, 2.05) is 7.05 Å². The number of halogens is 1. The fourth-order valence-electron chi connectivity index (χ4n) is 3.25. The predicted octanol–water partition coefficient (Wildman–Crippen LogP) is 1.30. The molecule has 3 rings (SSSR count). The maximum atomic E-state index is 14.5. The molecule has 0 amide bonds. The average Bonchev–Trinajstić information content (AvgIpc) is 2.94. The van der Waals surface area contributed by atoms with Crippen LogP contribution in [0.2, 0.25) is 0 Å². The van der Waals surface area contributed by atoms with Crippen LogP contribution in [0, 0.1) is 5.82 Å². The van der Waals surface area contributed by atoms with Crippen molar-refractivity contribution in [3.8, 4) is 0 Å². The van der Waals surface area contributed by atoms with E-state index >= 15 is 0 Å². The quantitative estimate of drug-likeness (QED) is 0.772. The molecule has 2 aliphatic rings. The number of ether oxygens (including phenoxy) is 1. The highest BCUT2D eigenvalue weighted by Crippen LogP contribution is 2.24. The summed E-state index contributed by atoms with van der Waals surface area (Å²) >= 11 is 0. The van der Waals surface area contributed by atoms with Gasteiger partial charge in [0, 0.05) is 32.4 Å². The Balaban J connectivity index is 1.76. The van der Waals surface area contributed by atoms with Gasteiger partial charge in [-0.1, -0.05) is 6.08 Å². The summed E-state index contributed by atoms with van der Waals surface area (Å²) in [6.45, 7) is 6.57. The van der Waals surface area contributed by atoms with Crippen LogP contribution in [0.15, 0.2) is 29.8 Å². The summed E-state index contributed by atoms with van der Waals surface area (Å²) < 4.78 is 47.0. The minimum atomic E-state index is -3.76. The number of nitrogens with zero attached hydrogens (tertiary/aromatic N) is 3. The number of likely N-dealkylation sites (N-methyl/N-ethyl adjacent to an activating group) is 1. The summed E-state index contributed by atoms with van der Waals surface area (Å²) in [5, 5.41) is 2.99. The average molecular weight is 384 g/mol. The zero-order valence-electron chi connectivity index (χ0n) is 14.9. The Morgan fingerprint density at radius 1 is 1.38 bits per heavy atom. The van der Waals surface area contributed by atoms with Crippen molar-refractivity contribution in [3.63, 3.8) is 0 Å². The van der Waals surface area contributed by atoms with Gasteiger partial charge in [0.1, 0.15) is 4.90 Å². The Bertz CT molecular complexity index is 758. The number of sulfonamides is 1. The van der Waals surface area contributed by atoms with Gasteiger partial charge in [-0.25, -0.2) is 17.8 Å². The lowest BCUT2D eigenvalue weighted by Gasteiger charge is -2.21. The van der Waals surface area contributed by atoms with Crippen molar-refractivity contribution in [1.29, 1.82) is 0 Å². The van der Waals surface area contributed by atoms with Gasteiger partial charge in [-0.2, -0.15) is 4.31 Å². The van der Waals surface area contributed by atoms with E-state index in [0.29, 0.717) is 32.7 Å². The molecule has 9 heteroatoms. The minimum Gasteiger partial charge on any atom is -0.372 e. The second-order valence-corrected chi connectivity index (χ2v) is 8.61. The predicted molar refractivity (Wildman–Crippen MR) is 97.0 cm³/mol. The smallest absolute Gasteiger partial charge is 0.244 e. The molecule has 1 aromatic rings. The summed E-state index contributed by atoms with van der Waals surface area (Å²) in [5.74, 6) is -0.658. The zero-order chi connectivity index (χ0) is 18.7. The molecule has 2 fully saturated rings. The topological polar surface area (TPSA) is 74.8 Å². The van der Waals surface area contributed by atoms with Crippen LogP contribution in [0.3, 0.4) is 0 Å². The standard InChI is InChI=1S/C17H25FN4O3S/c1-3-16-15(5-10-25-16)20-17-14(18)11-13(12-19-17)26(23,24)22-7-4-6-21(2)8-9-22/h3,11-12,15-16H,1,4-10H2,2H3,(H,19,20)/t15-,16+/m1/s1. The highest BCUT2D eigenvalue weighted by Gasteiger charge is 2.29. The largest absolute Gasteiger partial charge is 0.372 e. The molecule has 0 aliphatic carbocycles. The number of aromatic nitrogens is 1. The van der Waals surface area contributed by atoms with E-state index in [4.69, 9.17) is 4.74 Å². The molecule has 1 N–H and O–H groups in total. The van der Waals surface area contributed by atoms with Gasteiger partial charge >= 0.3 is 0 Å². The van der Waals surface area contributed by atoms with Gasteiger partial charge in [-0.15, -0.1) is 6.58 Å². The highest BCUT2D eigenvalue weighted by molar-refractivity contribution is 7.89. The van der Waals surface area contributed by atoms with Gasteiger partial charge in [-0.3, -0.25) is 0 Å². The van der Waals surface area contributed by atoms with E-state index in [0.717, 1.165) is 19.0 Å². The molecule has 2 saturated heterocycles. The van der Waals surface area contributed by atoms with Crippen LogP contribution in [0.5, 0.6) is 0 Å². The second kappa shape index (κ2) is 7.99. The lowest BCUT2D eigenvalue weighted by atomic mass is 10.1. The number of hydrogen-bond acceptors (Lipinski definition) is 6. The van der Waals surface area contributed by atoms with E-state index in [-0.39, 0.29) is 22.9 Å². The number of rotatable bonds is 5. The number of hydrogen-bond donors (Lipinski definition) is 1. The van der Waals surface area contributed by atoms with Crippen molar-refractivity contribution in [1.82, 2.24) is 14.2 Å². The van der Waals surface area contributed by atoms with Crippen molar-refractivity contribution in [3.05, 3.63) is 30.7 Å². The van der Waals surface area contributed by atoms with Gasteiger partial charge in [0.05, 0.1) is 12.1 Å². The van der Waals surface area contributed by atoms with Gasteiger partial charge in [-0.05, 0) is 32.5 Å². The van der Waals surface area contributed by atoms with E-state index < -0.39 is 15.8 Å². The minimum absolute atomic E-state index is 0.0295. The number of nitrogens with one attached hydrogen (secondary N) is 1. The molecule has 0 saturated carbocycles. The van der Waals surface area contributed by atoms with Crippen molar-refractivity contribution in [2.24, 2.45) is 0 Å². The summed E-state index contributed by atoms with van der Waals surface area (Å²) in [4.78, 5) is 5.98. The summed E-state index contributed by atoms with van der Waals surface area (Å²) in [5.41, 5.74) is 0. The normalized spacial score (nSPS) is 25.8. The first-order chi connectivity index (χ1) is 12.4. The van der Waals surface area contributed by atoms with Crippen molar-refractivity contribution < 1.29 is 17.5 Å². The maximum absolute atomic E-state index is 14.5. The number of pyridine rings is 1. The van der Waals surface area contributed by atoms with E-state index in [1.54, 1.807) is 6.08 Å². The molecular formula is C17H25FN4O3S. The van der Waals surface area contributed by atoms with Gasteiger partial charge in [0.25, 0.3) is 0 Å². The molecule has 0 spiro atoms. The first-order valence-electron chi connectivity index (χ1n) is 8.77. The molecule has 0 aromatic carbocycles. The fraction of sp³-hybridized carbons (Fsp3) is 0.588. The summed E-state index contributed by atoms with van der Waals surface area (Å²) in [6, 6.07) is 0.913. The van der Waals surface area contributed by atoms with Crippen molar-refractivity contribution in [2.75, 3.05) is 45.2 Å². The van der Waals surface area contributed by atoms with Gasteiger partial charge < -0.3 is 15.0 Å². The molecule has 3 heterocycles. The summed E-state index contributed by atoms with van der Waals surface area (Å²) in [6.07, 6.45) is 4.12. The molecule has 0 unspecified atom stereocenters. The van der Waals surface area contributed by atoms with Gasteiger partial charge in [0.15, 0.2) is 11.6 Å². The first kappa shape index (κ1) is 19.2. The van der Waals surface area contributed by atoms with E-state index in [1.165, 1.54) is 10.5 Å². The molecule has 2 atom stereocenters. The van der Waals surface area contributed by atoms with Crippen LogP contribution >= 0.6 is 0 Å². The third kappa shape index (κ3) is 4.06. The van der Waals surface area contributed by atoms with E-state index in [9.17, 15) is 12.8 Å². The van der Waals surface area contributed by atoms with Crippen LogP contribution in [0.25, 0.3) is 0 Å². The van der Waals surface area contributed by atoms with Crippen molar-refractivity contribution in [2.45, 2.75) is 29.9 Å². The highest BCUT2D eigenvalue weighted by atomic mass is 32.2. The fourth-order valence-corrected chi connectivity index (χ4v) is 4.68. The number of anilines is 1. The van der Waals surface area contributed by atoms with E-state index in [2.05, 4.69) is 21.8 Å². The van der Waals surface area contributed by atoms with Crippen LogP contribution < -0.4 is 5.32 Å². The Morgan fingerprint density at radius 3 is 2.92 bits per heavy atom. The third-order valence-electron chi connectivity index (χ3n) is 4.82. The van der Waals surface area contributed by atoms with Crippen LogP contribution in [-0.2, 0) is 14.8 Å². The Kier molecular flexibility index (Phi) is 5.91. The van der Waals surface area contributed by atoms with Crippen LogP contribution in [0.4, 0.5) is 10.2 Å². The monoisotopic (exact) mass is 384 g/mol. The molecule has 144 valence electrons. The zero-order valence-corrected chi connectivity index (χ0v) is 15.7. The molecule has 26 heavy (non-hydrogen) atoms. The summed E-state index contributed by atoms with van der Waals surface area (Å²) in [7, 11) is -1.80. The van der Waals surface area contributed by atoms with Gasteiger partial charge in [0.2, 0.25) is 10.0 Å². The Labute approximate surface area is 153 Å². The lowest BCUT2D eigenvalue weighted by molar-refractivity contribution is 0.142. The SMILES string of the molecule is C=C[C@@H]1OCC[C@H]1Nc1ncc(S(=O)(=O)N2CCCN(C)CC2)cc1F. The lowest BCUT2D eigenvalue weighted by Crippen LogP contribution is -2.34. The van der Waals surface area contributed by atoms with Crippen molar-refractivity contribution >= 4 is 15.8 Å².